The molecule has 0 unspecified atom stereocenters. The van der Waals surface area contributed by atoms with Gasteiger partial charge in [0, 0.05) is 48.3 Å². The molecule has 5 rings (SSSR count). The number of likely N-dealkylation sites (tertiary alicyclic amines) is 1. The molecule has 0 spiro atoms. The van der Waals surface area contributed by atoms with Crippen molar-refractivity contribution in [3.05, 3.63) is 47.7 Å². The highest BCUT2D eigenvalue weighted by Crippen LogP contribution is 2.37. The Morgan fingerprint density at radius 2 is 1.76 bits per heavy atom. The standard InChI is InChI=1S/C23H27FN4OS.2C2H6/c1-15-18(23(29)7-10-28(11-8-23)16-5-12-30-13-6-16)2-3-20(27-15)17-4-9-25-22-21(17)19(24)14-26-22;2*1-2/h2-4,9,14,16,29H,5-8,10-13H2,1H3,(H,25,26);2*1-2H3. The molecule has 0 amide bonds. The summed E-state index contributed by atoms with van der Waals surface area (Å²) in [4.78, 5) is 14.4. The molecule has 0 aliphatic carbocycles. The maximum absolute atomic E-state index is 14.3. The summed E-state index contributed by atoms with van der Waals surface area (Å²) in [6, 6.07) is 6.33. The molecule has 0 aromatic carbocycles. The number of H-pyrrole nitrogens is 1. The third-order valence-electron chi connectivity index (χ3n) is 6.72. The SMILES string of the molecule is CC.CC.Cc1nc(-c2ccnc3[nH]cc(F)c23)ccc1C1(O)CCN(C2CCSCC2)CC1. The average Bonchev–Trinajstić information content (AvgIpc) is 3.28. The van der Waals surface area contributed by atoms with Gasteiger partial charge in [-0.1, -0.05) is 33.8 Å². The number of rotatable bonds is 3. The fourth-order valence-corrected chi connectivity index (χ4v) is 6.09. The van der Waals surface area contributed by atoms with Crippen LogP contribution < -0.4 is 0 Å². The van der Waals surface area contributed by atoms with E-state index in [2.05, 4.69) is 14.9 Å². The van der Waals surface area contributed by atoms with Crippen molar-refractivity contribution in [1.82, 2.24) is 19.9 Å². The van der Waals surface area contributed by atoms with E-state index in [4.69, 9.17) is 4.98 Å². The molecule has 2 N–H and O–H groups in total. The fourth-order valence-electron chi connectivity index (χ4n) is 5.01. The first-order valence-corrected chi connectivity index (χ1v) is 13.8. The molecular weight excluding hydrogens is 447 g/mol. The van der Waals surface area contributed by atoms with Gasteiger partial charge < -0.3 is 15.0 Å². The highest BCUT2D eigenvalue weighted by Gasteiger charge is 2.37. The fraction of sp³-hybridized carbons (Fsp3) is 0.556. The summed E-state index contributed by atoms with van der Waals surface area (Å²) < 4.78 is 14.3. The molecule has 34 heavy (non-hydrogen) atoms. The number of fused-ring (bicyclic) bond motifs is 1. The maximum atomic E-state index is 14.3. The highest BCUT2D eigenvalue weighted by atomic mass is 32.2. The number of hydrogen-bond acceptors (Lipinski definition) is 5. The smallest absolute Gasteiger partial charge is 0.150 e. The predicted molar refractivity (Wildman–Crippen MR) is 142 cm³/mol. The molecule has 2 aliphatic heterocycles. The van der Waals surface area contributed by atoms with E-state index in [0.717, 1.165) is 37.2 Å². The van der Waals surface area contributed by atoms with Gasteiger partial charge in [0.25, 0.3) is 0 Å². The molecule has 0 saturated carbocycles. The molecule has 5 nitrogen and oxygen atoms in total. The van der Waals surface area contributed by atoms with Crippen LogP contribution in [0.2, 0.25) is 0 Å². The normalized spacial score (nSPS) is 18.6. The minimum absolute atomic E-state index is 0.330. The monoisotopic (exact) mass is 486 g/mol. The molecule has 2 fully saturated rings. The second kappa shape index (κ2) is 12.1. The lowest BCUT2D eigenvalue weighted by atomic mass is 9.82. The zero-order valence-corrected chi connectivity index (χ0v) is 22.0. The van der Waals surface area contributed by atoms with Crippen molar-refractivity contribution in [2.24, 2.45) is 0 Å². The molecule has 186 valence electrons. The van der Waals surface area contributed by atoms with Crippen LogP contribution >= 0.6 is 11.8 Å². The van der Waals surface area contributed by atoms with Gasteiger partial charge in [0.2, 0.25) is 0 Å². The van der Waals surface area contributed by atoms with Crippen molar-refractivity contribution in [3.8, 4) is 11.3 Å². The number of nitrogens with zero attached hydrogens (tertiary/aromatic N) is 3. The third kappa shape index (κ3) is 5.47. The van der Waals surface area contributed by atoms with Crippen LogP contribution in [0.15, 0.2) is 30.6 Å². The van der Waals surface area contributed by atoms with Crippen LogP contribution in [0.3, 0.4) is 0 Å². The summed E-state index contributed by atoms with van der Waals surface area (Å²) in [6.45, 7) is 11.8. The molecule has 7 heteroatoms. The van der Waals surface area contributed by atoms with Crippen LogP contribution in [0.4, 0.5) is 4.39 Å². The van der Waals surface area contributed by atoms with Crippen LogP contribution in [0.25, 0.3) is 22.3 Å². The third-order valence-corrected chi connectivity index (χ3v) is 7.77. The van der Waals surface area contributed by atoms with Crippen molar-refractivity contribution in [3.63, 3.8) is 0 Å². The Labute approximate surface area is 207 Å². The van der Waals surface area contributed by atoms with Gasteiger partial charge in [-0.05, 0) is 56.2 Å². The Bertz CT molecular complexity index is 1060. The zero-order valence-electron chi connectivity index (χ0n) is 21.2. The van der Waals surface area contributed by atoms with E-state index in [-0.39, 0.29) is 5.82 Å². The molecule has 3 aromatic rings. The van der Waals surface area contributed by atoms with E-state index >= 15 is 0 Å². The lowest BCUT2D eigenvalue weighted by Gasteiger charge is -2.43. The first-order valence-electron chi connectivity index (χ1n) is 12.7. The second-order valence-electron chi connectivity index (χ2n) is 8.46. The molecule has 0 bridgehead atoms. The Morgan fingerprint density at radius 3 is 2.41 bits per heavy atom. The lowest BCUT2D eigenvalue weighted by molar-refractivity contribution is -0.0371. The van der Waals surface area contributed by atoms with Gasteiger partial charge in [0.05, 0.1) is 16.7 Å². The van der Waals surface area contributed by atoms with E-state index in [0.29, 0.717) is 28.3 Å². The maximum Gasteiger partial charge on any atom is 0.150 e. The first kappa shape index (κ1) is 26.6. The van der Waals surface area contributed by atoms with E-state index in [1.165, 1.54) is 30.5 Å². The summed E-state index contributed by atoms with van der Waals surface area (Å²) >= 11 is 2.05. The average molecular weight is 487 g/mol. The van der Waals surface area contributed by atoms with E-state index in [1.807, 2.05) is 58.5 Å². The van der Waals surface area contributed by atoms with Crippen LogP contribution in [-0.2, 0) is 5.60 Å². The highest BCUT2D eigenvalue weighted by molar-refractivity contribution is 7.99. The number of thioether (sulfide) groups is 1. The second-order valence-corrected chi connectivity index (χ2v) is 9.68. The minimum atomic E-state index is -0.845. The summed E-state index contributed by atoms with van der Waals surface area (Å²) in [5.41, 5.74) is 2.78. The quantitative estimate of drug-likeness (QED) is 0.455. The largest absolute Gasteiger partial charge is 0.385 e. The number of piperidine rings is 1. The van der Waals surface area contributed by atoms with Crippen molar-refractivity contribution in [2.45, 2.75) is 71.9 Å². The summed E-state index contributed by atoms with van der Waals surface area (Å²) in [7, 11) is 0. The molecule has 3 aromatic heterocycles. The van der Waals surface area contributed by atoms with Gasteiger partial charge in [-0.3, -0.25) is 4.98 Å². The lowest BCUT2D eigenvalue weighted by Crippen LogP contribution is -2.48. The zero-order chi connectivity index (χ0) is 24.7. The Balaban J connectivity index is 0.000000771. The number of aromatic nitrogens is 3. The number of nitrogens with one attached hydrogen (secondary N) is 1. The van der Waals surface area contributed by atoms with Crippen LogP contribution in [0.1, 0.15) is 64.6 Å². The van der Waals surface area contributed by atoms with Crippen molar-refractivity contribution in [2.75, 3.05) is 24.6 Å². The van der Waals surface area contributed by atoms with E-state index in [9.17, 15) is 9.50 Å². The van der Waals surface area contributed by atoms with Gasteiger partial charge in [0.15, 0.2) is 5.82 Å². The van der Waals surface area contributed by atoms with E-state index in [1.54, 1.807) is 12.3 Å². The Hall–Kier alpha value is -1.96. The Kier molecular flexibility index (Phi) is 9.51. The summed E-state index contributed by atoms with van der Waals surface area (Å²) in [5.74, 6) is 2.17. The molecule has 2 aliphatic rings. The molecule has 0 radical (unpaired) electrons. The van der Waals surface area contributed by atoms with Crippen molar-refractivity contribution >= 4 is 22.8 Å². The molecule has 0 atom stereocenters. The number of pyridine rings is 2. The number of aryl methyl sites for hydroxylation is 1. The van der Waals surface area contributed by atoms with Crippen LogP contribution in [-0.4, -0.2) is 55.6 Å². The molecule has 2 saturated heterocycles. The van der Waals surface area contributed by atoms with Crippen LogP contribution in [0, 0.1) is 12.7 Å². The number of aromatic amines is 1. The number of hydrogen-bond donors (Lipinski definition) is 2. The van der Waals surface area contributed by atoms with Gasteiger partial charge in [-0.2, -0.15) is 11.8 Å². The minimum Gasteiger partial charge on any atom is -0.385 e. The van der Waals surface area contributed by atoms with Crippen LogP contribution in [0.5, 0.6) is 0 Å². The molecule has 5 heterocycles. The summed E-state index contributed by atoms with van der Waals surface area (Å²) in [5, 5.41) is 11.9. The van der Waals surface area contributed by atoms with Gasteiger partial charge in [0.1, 0.15) is 5.65 Å². The molecular formula is C27H39FN4OS. The van der Waals surface area contributed by atoms with Crippen molar-refractivity contribution in [1.29, 1.82) is 0 Å². The predicted octanol–water partition coefficient (Wildman–Crippen LogP) is 6.30. The summed E-state index contributed by atoms with van der Waals surface area (Å²) in [6.07, 6.45) is 6.95. The number of aliphatic hydroxyl groups is 1. The topological polar surface area (TPSA) is 65.0 Å². The van der Waals surface area contributed by atoms with Gasteiger partial charge in [-0.25, -0.2) is 9.37 Å². The van der Waals surface area contributed by atoms with Crippen molar-refractivity contribution < 1.29 is 9.50 Å². The van der Waals surface area contributed by atoms with E-state index < -0.39 is 5.60 Å². The van der Waals surface area contributed by atoms with Gasteiger partial charge >= 0.3 is 0 Å². The Morgan fingerprint density at radius 1 is 1.09 bits per heavy atom. The van der Waals surface area contributed by atoms with Gasteiger partial charge in [-0.15, -0.1) is 0 Å². The first-order chi connectivity index (χ1) is 16.5. The number of halogens is 1.